The molecule has 1 N–H and O–H groups in total. The molecule has 0 amide bonds. The van der Waals surface area contributed by atoms with Gasteiger partial charge in [-0.1, -0.05) is 0 Å². The van der Waals surface area contributed by atoms with E-state index in [1.807, 2.05) is 0 Å². The van der Waals surface area contributed by atoms with Crippen LogP contribution in [0.15, 0.2) is 24.3 Å². The lowest BCUT2D eigenvalue weighted by Crippen LogP contribution is -2.31. The van der Waals surface area contributed by atoms with Gasteiger partial charge in [-0.2, -0.15) is 0 Å². The molecule has 1 aromatic carbocycles. The number of aliphatic carboxylic acids is 1. The van der Waals surface area contributed by atoms with Gasteiger partial charge in [0.1, 0.15) is 5.75 Å². The number of Topliss-reactive ketones (excluding diaryl/α,β-unsaturated/α-hetero) is 1. The molecule has 1 unspecified atom stereocenters. The van der Waals surface area contributed by atoms with Crippen LogP contribution < -0.4 is 4.74 Å². The number of carboxylic acids is 1. The summed E-state index contributed by atoms with van der Waals surface area (Å²) in [5, 5.41) is 8.85. The molecule has 17 heavy (non-hydrogen) atoms. The third-order valence-corrected chi connectivity index (χ3v) is 2.13. The van der Waals surface area contributed by atoms with E-state index in [4.69, 9.17) is 14.6 Å². The molecular weight excluding hydrogens is 224 g/mol. The topological polar surface area (TPSA) is 72.8 Å². The smallest absolute Gasteiger partial charge is 0.347 e. The lowest BCUT2D eigenvalue weighted by Gasteiger charge is -2.14. The van der Waals surface area contributed by atoms with Gasteiger partial charge in [-0.15, -0.1) is 0 Å². The third kappa shape index (κ3) is 3.88. The van der Waals surface area contributed by atoms with Crippen LogP contribution in [0.5, 0.6) is 5.75 Å². The Balaban J connectivity index is 2.73. The van der Waals surface area contributed by atoms with Crippen molar-refractivity contribution in [2.75, 3.05) is 13.7 Å². The van der Waals surface area contributed by atoms with E-state index in [0.717, 1.165) is 0 Å². The minimum Gasteiger partial charge on any atom is -0.478 e. The van der Waals surface area contributed by atoms with Crippen molar-refractivity contribution in [2.24, 2.45) is 0 Å². The minimum absolute atomic E-state index is 0.0379. The largest absolute Gasteiger partial charge is 0.478 e. The molecule has 5 nitrogen and oxygen atoms in total. The average Bonchev–Trinajstić information content (AvgIpc) is 2.29. The summed E-state index contributed by atoms with van der Waals surface area (Å²) >= 11 is 0. The molecule has 0 saturated heterocycles. The fourth-order valence-electron chi connectivity index (χ4n) is 1.24. The van der Waals surface area contributed by atoms with Gasteiger partial charge in [-0.3, -0.25) is 4.79 Å². The number of hydrogen-bond donors (Lipinski definition) is 1. The van der Waals surface area contributed by atoms with E-state index >= 15 is 0 Å². The second-order valence-electron chi connectivity index (χ2n) is 3.48. The van der Waals surface area contributed by atoms with Crippen LogP contribution in [0.3, 0.4) is 0 Å². The van der Waals surface area contributed by atoms with Crippen LogP contribution in [0.1, 0.15) is 17.3 Å². The van der Waals surface area contributed by atoms with Gasteiger partial charge in [0.25, 0.3) is 0 Å². The summed E-state index contributed by atoms with van der Waals surface area (Å²) in [4.78, 5) is 21.8. The molecule has 92 valence electrons. The first-order chi connectivity index (χ1) is 8.04. The van der Waals surface area contributed by atoms with Crippen molar-refractivity contribution >= 4 is 11.8 Å². The zero-order chi connectivity index (χ0) is 12.8. The van der Waals surface area contributed by atoms with Crippen LogP contribution in [0.25, 0.3) is 0 Å². The highest BCUT2D eigenvalue weighted by atomic mass is 16.5. The lowest BCUT2D eigenvalue weighted by molar-refractivity contribution is -0.147. The van der Waals surface area contributed by atoms with Crippen LogP contribution in [0.2, 0.25) is 0 Å². The van der Waals surface area contributed by atoms with E-state index in [9.17, 15) is 9.59 Å². The first kappa shape index (κ1) is 13.2. The predicted octanol–water partition coefficient (Wildman–Crippen LogP) is 1.37. The summed E-state index contributed by atoms with van der Waals surface area (Å²) in [5.74, 6) is -0.759. The van der Waals surface area contributed by atoms with Crippen molar-refractivity contribution in [3.8, 4) is 5.75 Å². The summed E-state index contributed by atoms with van der Waals surface area (Å²) in [5.41, 5.74) is 0.552. The molecule has 0 aliphatic rings. The molecule has 1 rings (SSSR count). The quantitative estimate of drug-likeness (QED) is 0.758. The van der Waals surface area contributed by atoms with Gasteiger partial charge in [0.2, 0.25) is 6.10 Å². The van der Waals surface area contributed by atoms with Gasteiger partial charge in [0, 0.05) is 12.7 Å². The number of carbonyl (C=O) groups excluding carboxylic acids is 1. The Bertz CT molecular complexity index is 396. The molecule has 0 aliphatic heterocycles. The maximum absolute atomic E-state index is 11.0. The summed E-state index contributed by atoms with van der Waals surface area (Å²) < 4.78 is 9.95. The number of benzene rings is 1. The fraction of sp³-hybridized carbons (Fsp3) is 0.333. The third-order valence-electron chi connectivity index (χ3n) is 2.13. The second kappa shape index (κ2) is 6.00. The van der Waals surface area contributed by atoms with Crippen LogP contribution in [0.4, 0.5) is 0 Å². The fourth-order valence-corrected chi connectivity index (χ4v) is 1.24. The maximum Gasteiger partial charge on any atom is 0.347 e. The molecule has 0 radical (unpaired) electrons. The van der Waals surface area contributed by atoms with Crippen molar-refractivity contribution < 1.29 is 24.2 Å². The number of ether oxygens (including phenoxy) is 2. The van der Waals surface area contributed by atoms with Crippen molar-refractivity contribution in [2.45, 2.75) is 13.0 Å². The van der Waals surface area contributed by atoms with E-state index in [-0.39, 0.29) is 12.4 Å². The second-order valence-corrected chi connectivity index (χ2v) is 3.48. The Kier molecular flexibility index (Phi) is 4.66. The molecule has 0 fully saturated rings. The monoisotopic (exact) mass is 238 g/mol. The number of methoxy groups -OCH3 is 1. The van der Waals surface area contributed by atoms with E-state index < -0.39 is 12.1 Å². The van der Waals surface area contributed by atoms with Crippen LogP contribution >= 0.6 is 0 Å². The van der Waals surface area contributed by atoms with Crippen molar-refractivity contribution in [1.29, 1.82) is 0 Å². The highest BCUT2D eigenvalue weighted by Crippen LogP contribution is 2.14. The molecule has 0 spiro atoms. The molecular formula is C12H14O5. The number of rotatable bonds is 6. The van der Waals surface area contributed by atoms with Gasteiger partial charge in [-0.05, 0) is 31.2 Å². The first-order valence-corrected chi connectivity index (χ1v) is 5.04. The summed E-state index contributed by atoms with van der Waals surface area (Å²) in [7, 11) is 1.40. The van der Waals surface area contributed by atoms with Crippen LogP contribution in [-0.4, -0.2) is 36.7 Å². The minimum atomic E-state index is -1.09. The Morgan fingerprint density at radius 2 is 1.88 bits per heavy atom. The molecule has 0 saturated carbocycles. The summed E-state index contributed by atoms with van der Waals surface area (Å²) in [6.07, 6.45) is -1.05. The van der Waals surface area contributed by atoms with Gasteiger partial charge < -0.3 is 14.6 Å². The Hall–Kier alpha value is -1.88. The zero-order valence-electron chi connectivity index (χ0n) is 9.67. The number of ketones is 1. The molecule has 0 aromatic heterocycles. The summed E-state index contributed by atoms with van der Waals surface area (Å²) in [6, 6.07) is 6.29. The summed E-state index contributed by atoms with van der Waals surface area (Å²) in [6.45, 7) is 1.42. The van der Waals surface area contributed by atoms with Crippen LogP contribution in [0, 0.1) is 0 Å². The standard InChI is InChI=1S/C12H14O5/c1-8(13)9-3-5-10(6-4-9)17-11(7-16-2)12(14)15/h3-6,11H,7H2,1-2H3,(H,14,15). The van der Waals surface area contributed by atoms with E-state index in [0.29, 0.717) is 11.3 Å². The Labute approximate surface area is 99.0 Å². The van der Waals surface area contributed by atoms with Crippen LogP contribution in [-0.2, 0) is 9.53 Å². The number of hydrogen-bond acceptors (Lipinski definition) is 4. The van der Waals surface area contributed by atoms with Crippen molar-refractivity contribution in [1.82, 2.24) is 0 Å². The number of carboxylic acid groups (broad SMARTS) is 1. The van der Waals surface area contributed by atoms with Crippen molar-refractivity contribution in [3.63, 3.8) is 0 Å². The van der Waals surface area contributed by atoms with Gasteiger partial charge in [-0.25, -0.2) is 4.79 Å². The molecule has 0 bridgehead atoms. The van der Waals surface area contributed by atoms with Gasteiger partial charge in [0.05, 0.1) is 6.61 Å². The maximum atomic E-state index is 11.0. The molecule has 5 heteroatoms. The number of carbonyl (C=O) groups is 2. The van der Waals surface area contributed by atoms with E-state index in [1.54, 1.807) is 24.3 Å². The normalized spacial score (nSPS) is 11.9. The molecule has 0 aliphatic carbocycles. The van der Waals surface area contributed by atoms with E-state index in [1.165, 1.54) is 14.0 Å². The Morgan fingerprint density at radius 3 is 2.29 bits per heavy atom. The van der Waals surface area contributed by atoms with E-state index in [2.05, 4.69) is 0 Å². The highest BCUT2D eigenvalue weighted by molar-refractivity contribution is 5.94. The SMILES string of the molecule is COCC(Oc1ccc(C(C)=O)cc1)C(=O)O. The highest BCUT2D eigenvalue weighted by Gasteiger charge is 2.19. The zero-order valence-corrected chi connectivity index (χ0v) is 9.67. The molecule has 1 aromatic rings. The average molecular weight is 238 g/mol. The first-order valence-electron chi connectivity index (χ1n) is 5.04. The molecule has 1 atom stereocenters. The lowest BCUT2D eigenvalue weighted by atomic mass is 10.1. The molecule has 0 heterocycles. The van der Waals surface area contributed by atoms with Crippen molar-refractivity contribution in [3.05, 3.63) is 29.8 Å². The predicted molar refractivity (Wildman–Crippen MR) is 60.4 cm³/mol. The Morgan fingerprint density at radius 1 is 1.29 bits per heavy atom. The van der Waals surface area contributed by atoms with Gasteiger partial charge >= 0.3 is 5.97 Å². The van der Waals surface area contributed by atoms with Gasteiger partial charge in [0.15, 0.2) is 5.78 Å².